The second-order valence-corrected chi connectivity index (χ2v) is 12.8. The molecule has 12 heteroatoms. The van der Waals surface area contributed by atoms with Crippen LogP contribution < -0.4 is 30.2 Å². The Hall–Kier alpha value is -6.17. The Kier molecular flexibility index (Phi) is 15.6. The van der Waals surface area contributed by atoms with Crippen molar-refractivity contribution < 1.29 is 43.3 Å². The van der Waals surface area contributed by atoms with Crippen LogP contribution in [0.5, 0.6) is 17.2 Å². The molecule has 0 radical (unpaired) electrons. The minimum absolute atomic E-state index is 0.0116. The number of methoxy groups -OCH3 is 1. The van der Waals surface area contributed by atoms with Crippen LogP contribution in [0.15, 0.2) is 97.1 Å². The standard InChI is InChI=1S/C42H47N3O9/c1-4-5-6-7-8-25-53-35-23-15-32(16-24-35)42(51)54-36-21-11-29(12-22-36)26-37(40(48)43-28(2)41(49)50)45-39(47)31-13-17-33(18-14-31)44-38(46)27-30-9-19-34(52-3)20-10-30/h9-24,28,37H,4-8,25-27H2,1-3H3,(H,43,48)(H,44,46)(H,45,47)(H,49,50). The van der Waals surface area contributed by atoms with E-state index >= 15 is 0 Å². The van der Waals surface area contributed by atoms with Gasteiger partial charge in [0.1, 0.15) is 29.3 Å². The van der Waals surface area contributed by atoms with Crippen molar-refractivity contribution in [3.63, 3.8) is 0 Å². The lowest BCUT2D eigenvalue weighted by Crippen LogP contribution is -2.51. The summed E-state index contributed by atoms with van der Waals surface area (Å²) in [6.45, 7) is 4.11. The van der Waals surface area contributed by atoms with E-state index in [0.717, 1.165) is 18.4 Å². The highest BCUT2D eigenvalue weighted by atomic mass is 16.5. The van der Waals surface area contributed by atoms with Crippen LogP contribution in [-0.4, -0.2) is 60.6 Å². The number of esters is 1. The maximum atomic E-state index is 13.3. The van der Waals surface area contributed by atoms with Gasteiger partial charge in [-0.25, -0.2) is 4.79 Å². The summed E-state index contributed by atoms with van der Waals surface area (Å²) < 4.78 is 16.4. The Morgan fingerprint density at radius 3 is 1.91 bits per heavy atom. The molecule has 2 unspecified atom stereocenters. The van der Waals surface area contributed by atoms with Gasteiger partial charge in [0.2, 0.25) is 11.8 Å². The quantitative estimate of drug-likeness (QED) is 0.0457. The number of hydrogen-bond acceptors (Lipinski definition) is 8. The number of hydrogen-bond donors (Lipinski definition) is 4. The van der Waals surface area contributed by atoms with Crippen LogP contribution in [0.4, 0.5) is 5.69 Å². The van der Waals surface area contributed by atoms with E-state index in [0.29, 0.717) is 34.9 Å². The first kappa shape index (κ1) is 40.6. The molecule has 4 rings (SSSR count). The summed E-state index contributed by atoms with van der Waals surface area (Å²) >= 11 is 0. The first-order valence-corrected chi connectivity index (χ1v) is 18.0. The average molecular weight is 738 g/mol. The van der Waals surface area contributed by atoms with Crippen molar-refractivity contribution in [2.75, 3.05) is 19.0 Å². The van der Waals surface area contributed by atoms with E-state index < -0.39 is 35.8 Å². The number of benzene rings is 4. The highest BCUT2D eigenvalue weighted by molar-refractivity contribution is 5.99. The SMILES string of the molecule is CCCCCCCOc1ccc(C(=O)Oc2ccc(CC(NC(=O)c3ccc(NC(=O)Cc4ccc(OC)cc4)cc3)C(=O)NC(C)C(=O)O)cc2)cc1. The van der Waals surface area contributed by atoms with Crippen molar-refractivity contribution in [1.29, 1.82) is 0 Å². The lowest BCUT2D eigenvalue weighted by atomic mass is 10.0. The summed E-state index contributed by atoms with van der Waals surface area (Å²) in [6.07, 6.45) is 5.85. The number of carbonyl (C=O) groups is 5. The van der Waals surface area contributed by atoms with Crippen LogP contribution in [0, 0.1) is 0 Å². The van der Waals surface area contributed by atoms with Crippen molar-refractivity contribution in [3.05, 3.63) is 119 Å². The zero-order valence-electron chi connectivity index (χ0n) is 30.8. The summed E-state index contributed by atoms with van der Waals surface area (Å²) in [5.74, 6) is -1.66. The van der Waals surface area contributed by atoms with E-state index in [1.165, 1.54) is 38.3 Å². The van der Waals surface area contributed by atoms with Crippen LogP contribution in [-0.2, 0) is 27.2 Å². The lowest BCUT2D eigenvalue weighted by molar-refractivity contribution is -0.141. The zero-order valence-corrected chi connectivity index (χ0v) is 30.8. The van der Waals surface area contributed by atoms with E-state index in [2.05, 4.69) is 22.9 Å². The topological polar surface area (TPSA) is 169 Å². The van der Waals surface area contributed by atoms with Gasteiger partial charge in [-0.2, -0.15) is 0 Å². The number of ether oxygens (including phenoxy) is 3. The van der Waals surface area contributed by atoms with Gasteiger partial charge < -0.3 is 35.3 Å². The Bertz CT molecular complexity index is 1840. The molecule has 0 fully saturated rings. The molecule has 2 atom stereocenters. The number of nitrogens with one attached hydrogen (secondary N) is 3. The predicted molar refractivity (Wildman–Crippen MR) is 204 cm³/mol. The minimum atomic E-state index is -1.23. The molecular formula is C42H47N3O9. The fourth-order valence-corrected chi connectivity index (χ4v) is 5.34. The molecule has 0 spiro atoms. The van der Waals surface area contributed by atoms with Crippen LogP contribution in [0.25, 0.3) is 0 Å². The monoisotopic (exact) mass is 737 g/mol. The normalized spacial score (nSPS) is 11.8. The van der Waals surface area contributed by atoms with E-state index in [9.17, 15) is 29.1 Å². The summed E-state index contributed by atoms with van der Waals surface area (Å²) in [5, 5.41) is 17.2. The highest BCUT2D eigenvalue weighted by Crippen LogP contribution is 2.19. The molecule has 0 heterocycles. The fourth-order valence-electron chi connectivity index (χ4n) is 5.34. The van der Waals surface area contributed by atoms with Gasteiger partial charge in [-0.1, -0.05) is 56.9 Å². The number of rotatable bonds is 20. The molecule has 284 valence electrons. The Labute approximate surface area is 315 Å². The van der Waals surface area contributed by atoms with Crippen LogP contribution >= 0.6 is 0 Å². The molecule has 4 N–H and O–H groups in total. The molecule has 4 aromatic rings. The summed E-state index contributed by atoms with van der Waals surface area (Å²) in [6, 6.07) is 24.1. The van der Waals surface area contributed by atoms with Gasteiger partial charge in [0.25, 0.3) is 5.91 Å². The molecule has 54 heavy (non-hydrogen) atoms. The largest absolute Gasteiger partial charge is 0.497 e. The number of aliphatic carboxylic acids is 1. The molecule has 0 aliphatic heterocycles. The average Bonchev–Trinajstić information content (AvgIpc) is 3.17. The molecule has 0 aliphatic carbocycles. The van der Waals surface area contributed by atoms with Crippen molar-refractivity contribution in [2.24, 2.45) is 0 Å². The smallest absolute Gasteiger partial charge is 0.343 e. The van der Waals surface area contributed by atoms with Crippen molar-refractivity contribution in [2.45, 2.75) is 70.9 Å². The van der Waals surface area contributed by atoms with E-state index in [1.54, 1.807) is 92.0 Å². The first-order chi connectivity index (χ1) is 26.0. The zero-order chi connectivity index (χ0) is 38.9. The van der Waals surface area contributed by atoms with Gasteiger partial charge in [-0.05, 0) is 97.3 Å². The van der Waals surface area contributed by atoms with E-state index in [-0.39, 0.29) is 30.1 Å². The van der Waals surface area contributed by atoms with Crippen molar-refractivity contribution in [3.8, 4) is 17.2 Å². The van der Waals surface area contributed by atoms with E-state index in [1.807, 2.05) is 0 Å². The molecule has 0 saturated heterocycles. The summed E-state index contributed by atoms with van der Waals surface area (Å²) in [7, 11) is 1.56. The van der Waals surface area contributed by atoms with Gasteiger partial charge in [0, 0.05) is 17.7 Å². The minimum Gasteiger partial charge on any atom is -0.497 e. The predicted octanol–water partition coefficient (Wildman–Crippen LogP) is 6.38. The second-order valence-electron chi connectivity index (χ2n) is 12.8. The number of carboxylic acid groups (broad SMARTS) is 1. The molecule has 3 amide bonds. The molecular weight excluding hydrogens is 690 g/mol. The molecule has 0 bridgehead atoms. The third-order valence-electron chi connectivity index (χ3n) is 8.49. The summed E-state index contributed by atoms with van der Waals surface area (Å²) in [4.78, 5) is 63.2. The number of carboxylic acids is 1. The Morgan fingerprint density at radius 2 is 1.28 bits per heavy atom. The van der Waals surface area contributed by atoms with Crippen molar-refractivity contribution >= 4 is 35.3 Å². The molecule has 4 aromatic carbocycles. The summed E-state index contributed by atoms with van der Waals surface area (Å²) in [5.41, 5.74) is 2.47. The van der Waals surface area contributed by atoms with E-state index in [4.69, 9.17) is 14.2 Å². The lowest BCUT2D eigenvalue weighted by Gasteiger charge is -2.20. The molecule has 0 aromatic heterocycles. The molecule has 0 saturated carbocycles. The van der Waals surface area contributed by atoms with Gasteiger partial charge >= 0.3 is 11.9 Å². The third-order valence-corrected chi connectivity index (χ3v) is 8.49. The van der Waals surface area contributed by atoms with Gasteiger partial charge in [-0.3, -0.25) is 19.2 Å². The van der Waals surface area contributed by atoms with Crippen molar-refractivity contribution in [1.82, 2.24) is 10.6 Å². The first-order valence-electron chi connectivity index (χ1n) is 18.0. The van der Waals surface area contributed by atoms with Gasteiger partial charge in [0.05, 0.1) is 25.7 Å². The Balaban J connectivity index is 1.34. The molecule has 12 nitrogen and oxygen atoms in total. The fraction of sp³-hybridized carbons (Fsp3) is 0.310. The van der Waals surface area contributed by atoms with Crippen LogP contribution in [0.1, 0.15) is 77.8 Å². The maximum Gasteiger partial charge on any atom is 0.343 e. The highest BCUT2D eigenvalue weighted by Gasteiger charge is 2.25. The molecule has 0 aliphatic rings. The van der Waals surface area contributed by atoms with Gasteiger partial charge in [0.15, 0.2) is 0 Å². The number of carbonyl (C=O) groups excluding carboxylic acids is 4. The van der Waals surface area contributed by atoms with Gasteiger partial charge in [-0.15, -0.1) is 0 Å². The second kappa shape index (κ2) is 20.8. The Morgan fingerprint density at radius 1 is 0.685 bits per heavy atom. The van der Waals surface area contributed by atoms with Crippen LogP contribution in [0.2, 0.25) is 0 Å². The third kappa shape index (κ3) is 13.1. The number of unbranched alkanes of at least 4 members (excludes halogenated alkanes) is 4. The maximum absolute atomic E-state index is 13.3. The number of amides is 3. The number of anilines is 1. The van der Waals surface area contributed by atoms with Crippen LogP contribution in [0.3, 0.4) is 0 Å².